The Labute approximate surface area is 155 Å². The molecule has 6 nitrogen and oxygen atoms in total. The largest absolute Gasteiger partial charge is 0.465 e. The zero-order valence-electron chi connectivity index (χ0n) is 13.8. The van der Waals surface area contributed by atoms with E-state index in [2.05, 4.69) is 11.1 Å². The minimum atomic E-state index is -1.44. The molecule has 7 heteroatoms. The molecule has 2 aromatic rings. The predicted molar refractivity (Wildman–Crippen MR) is 97.1 cm³/mol. The zero-order chi connectivity index (χ0) is 18.8. The maximum absolute atomic E-state index is 12.2. The van der Waals surface area contributed by atoms with Gasteiger partial charge in [0.05, 0.1) is 12.1 Å². The van der Waals surface area contributed by atoms with Gasteiger partial charge in [0.1, 0.15) is 5.92 Å². The van der Waals surface area contributed by atoms with Crippen LogP contribution in [0.5, 0.6) is 0 Å². The first kappa shape index (κ1) is 17.6. The van der Waals surface area contributed by atoms with Crippen molar-refractivity contribution in [2.24, 2.45) is 10.9 Å². The molecule has 3 rings (SSSR count). The van der Waals surface area contributed by atoms with Crippen LogP contribution in [0.1, 0.15) is 18.5 Å². The van der Waals surface area contributed by atoms with Crippen LogP contribution in [0.4, 0.5) is 9.59 Å². The van der Waals surface area contributed by atoms with Gasteiger partial charge in [-0.2, -0.15) is 5.26 Å². The number of hydrogen-bond donors (Lipinski definition) is 1. The van der Waals surface area contributed by atoms with Gasteiger partial charge in [0.15, 0.2) is 0 Å². The highest BCUT2D eigenvalue weighted by atomic mass is 35.5. The van der Waals surface area contributed by atoms with Crippen molar-refractivity contribution in [1.29, 1.82) is 5.26 Å². The van der Waals surface area contributed by atoms with Crippen LogP contribution < -0.4 is 0 Å². The van der Waals surface area contributed by atoms with Gasteiger partial charge in [-0.15, -0.1) is 0 Å². The molecule has 130 valence electrons. The molecule has 0 aliphatic carbocycles. The molecule has 2 aromatic carbocycles. The quantitative estimate of drug-likeness (QED) is 0.827. The van der Waals surface area contributed by atoms with Gasteiger partial charge in [0, 0.05) is 10.7 Å². The zero-order valence-corrected chi connectivity index (χ0v) is 14.5. The molecule has 2 unspecified atom stereocenters. The molecule has 1 aliphatic rings. The van der Waals surface area contributed by atoms with E-state index < -0.39 is 24.1 Å². The first-order chi connectivity index (χ1) is 12.4. The monoisotopic (exact) mass is 367 g/mol. The molecule has 0 saturated heterocycles. The number of imide groups is 1. The average Bonchev–Trinajstić information content (AvgIpc) is 2.61. The van der Waals surface area contributed by atoms with Crippen LogP contribution in [0.3, 0.4) is 0 Å². The van der Waals surface area contributed by atoms with Crippen molar-refractivity contribution in [1.82, 2.24) is 4.90 Å². The Morgan fingerprint density at radius 3 is 2.50 bits per heavy atom. The van der Waals surface area contributed by atoms with E-state index in [-0.39, 0.29) is 0 Å². The topological polar surface area (TPSA) is 93.8 Å². The number of aliphatic imine (C=N–C) groups is 1. The lowest BCUT2D eigenvalue weighted by Crippen LogP contribution is -2.46. The van der Waals surface area contributed by atoms with E-state index in [1.54, 1.807) is 43.3 Å². The molecule has 0 spiro atoms. The maximum atomic E-state index is 12.2. The first-order valence-electron chi connectivity index (χ1n) is 7.80. The van der Waals surface area contributed by atoms with E-state index in [4.69, 9.17) is 11.6 Å². The summed E-state index contributed by atoms with van der Waals surface area (Å²) in [5.74, 6) is -0.864. The summed E-state index contributed by atoms with van der Waals surface area (Å²) in [6.07, 6.45) is -1.44. The summed E-state index contributed by atoms with van der Waals surface area (Å²) in [5, 5.41) is 19.7. The Morgan fingerprint density at radius 2 is 1.88 bits per heavy atom. The average molecular weight is 368 g/mol. The molecule has 26 heavy (non-hydrogen) atoms. The van der Waals surface area contributed by atoms with Crippen LogP contribution in [0, 0.1) is 17.2 Å². The minimum absolute atomic E-state index is 0.297. The van der Waals surface area contributed by atoms with E-state index in [0.717, 1.165) is 11.1 Å². The van der Waals surface area contributed by atoms with E-state index in [1.807, 2.05) is 12.1 Å². The molecular formula is C19H14ClN3O3. The third kappa shape index (κ3) is 3.05. The van der Waals surface area contributed by atoms with Crippen molar-refractivity contribution in [2.45, 2.75) is 13.0 Å². The number of rotatable bonds is 2. The molecule has 0 fully saturated rings. The standard InChI is InChI=1S/C19H14ClN3O3/c1-11-16(10-21)17(23(19(25)26)18(24)22-11)15-5-3-2-4-14(15)12-6-8-13(20)9-7-12/h2-9,16-17H,1H3,(H,25,26). The number of amides is 3. The predicted octanol–water partition coefficient (Wildman–Crippen LogP) is 4.76. The van der Waals surface area contributed by atoms with Gasteiger partial charge in [0.25, 0.3) is 0 Å². The normalized spacial score (nSPS) is 19.7. The van der Waals surface area contributed by atoms with Gasteiger partial charge in [-0.1, -0.05) is 48.0 Å². The Kier molecular flexibility index (Phi) is 4.74. The lowest BCUT2D eigenvalue weighted by atomic mass is 9.84. The molecule has 0 saturated carbocycles. The van der Waals surface area contributed by atoms with Gasteiger partial charge in [0.2, 0.25) is 0 Å². The SMILES string of the molecule is CC1=NC(=O)N(C(=O)O)C(c2ccccc2-c2ccc(Cl)cc2)C1C#N. The fourth-order valence-corrected chi connectivity index (χ4v) is 3.23. The van der Waals surface area contributed by atoms with Crippen molar-refractivity contribution in [3.8, 4) is 17.2 Å². The minimum Gasteiger partial charge on any atom is -0.465 e. The molecule has 0 aromatic heterocycles. The molecule has 0 radical (unpaired) electrons. The fraction of sp³-hybridized carbons (Fsp3) is 0.158. The molecule has 0 bridgehead atoms. The Balaban J connectivity index is 2.22. The van der Waals surface area contributed by atoms with Crippen LogP contribution in [-0.4, -0.2) is 27.8 Å². The van der Waals surface area contributed by atoms with Crippen molar-refractivity contribution in [3.63, 3.8) is 0 Å². The second-order valence-electron chi connectivity index (χ2n) is 5.83. The number of nitrogens with zero attached hydrogens (tertiary/aromatic N) is 3. The number of nitriles is 1. The van der Waals surface area contributed by atoms with Gasteiger partial charge < -0.3 is 5.11 Å². The van der Waals surface area contributed by atoms with Crippen molar-refractivity contribution < 1.29 is 14.7 Å². The third-order valence-corrected chi connectivity index (χ3v) is 4.55. The molecule has 2 atom stereocenters. The van der Waals surface area contributed by atoms with Crippen LogP contribution in [0.15, 0.2) is 53.5 Å². The van der Waals surface area contributed by atoms with Crippen LogP contribution >= 0.6 is 11.6 Å². The highest BCUT2D eigenvalue weighted by Crippen LogP contribution is 2.39. The van der Waals surface area contributed by atoms with Crippen molar-refractivity contribution in [3.05, 3.63) is 59.1 Å². The van der Waals surface area contributed by atoms with Crippen molar-refractivity contribution in [2.75, 3.05) is 0 Å². The molecule has 1 N–H and O–H groups in total. The van der Waals surface area contributed by atoms with E-state index in [0.29, 0.717) is 21.2 Å². The van der Waals surface area contributed by atoms with Crippen LogP contribution in [-0.2, 0) is 0 Å². The van der Waals surface area contributed by atoms with Gasteiger partial charge in [-0.3, -0.25) is 0 Å². The van der Waals surface area contributed by atoms with Crippen LogP contribution in [0.2, 0.25) is 5.02 Å². The number of halogens is 1. The maximum Gasteiger partial charge on any atom is 0.416 e. The lowest BCUT2D eigenvalue weighted by Gasteiger charge is -2.34. The van der Waals surface area contributed by atoms with E-state index in [9.17, 15) is 20.0 Å². The summed E-state index contributed by atoms with van der Waals surface area (Å²) in [5.41, 5.74) is 2.39. The summed E-state index contributed by atoms with van der Waals surface area (Å²) in [6.45, 7) is 1.56. The Morgan fingerprint density at radius 1 is 1.23 bits per heavy atom. The smallest absolute Gasteiger partial charge is 0.416 e. The fourth-order valence-electron chi connectivity index (χ4n) is 3.10. The highest BCUT2D eigenvalue weighted by molar-refractivity contribution is 6.30. The second-order valence-corrected chi connectivity index (χ2v) is 6.27. The highest BCUT2D eigenvalue weighted by Gasteiger charge is 2.42. The van der Waals surface area contributed by atoms with Gasteiger partial charge >= 0.3 is 12.1 Å². The van der Waals surface area contributed by atoms with E-state index >= 15 is 0 Å². The van der Waals surface area contributed by atoms with Crippen LogP contribution in [0.25, 0.3) is 11.1 Å². The Hall–Kier alpha value is -3.17. The number of benzene rings is 2. The lowest BCUT2D eigenvalue weighted by molar-refractivity contribution is 0.129. The summed E-state index contributed by atoms with van der Waals surface area (Å²) in [4.78, 5) is 28.3. The molecule has 3 amide bonds. The number of urea groups is 1. The number of carboxylic acid groups (broad SMARTS) is 1. The first-order valence-corrected chi connectivity index (χ1v) is 8.17. The Bertz CT molecular complexity index is 947. The number of carbonyl (C=O) groups is 2. The molecular weight excluding hydrogens is 354 g/mol. The van der Waals surface area contributed by atoms with Gasteiger partial charge in [-0.05, 0) is 35.7 Å². The van der Waals surface area contributed by atoms with Crippen molar-refractivity contribution >= 4 is 29.4 Å². The third-order valence-electron chi connectivity index (χ3n) is 4.30. The number of carbonyl (C=O) groups excluding carboxylic acids is 1. The summed E-state index contributed by atoms with van der Waals surface area (Å²) >= 11 is 5.95. The number of hydrogen-bond acceptors (Lipinski definition) is 3. The second kappa shape index (κ2) is 6.98. The van der Waals surface area contributed by atoms with Gasteiger partial charge in [-0.25, -0.2) is 19.5 Å². The summed E-state index contributed by atoms with van der Waals surface area (Å²) < 4.78 is 0. The molecule has 1 aliphatic heterocycles. The summed E-state index contributed by atoms with van der Waals surface area (Å²) in [6, 6.07) is 14.4. The molecule has 1 heterocycles. The summed E-state index contributed by atoms with van der Waals surface area (Å²) in [7, 11) is 0. The van der Waals surface area contributed by atoms with E-state index in [1.165, 1.54) is 0 Å².